The van der Waals surface area contributed by atoms with Crippen LogP contribution in [0.2, 0.25) is 0 Å². The molecule has 102 valence electrons. The molecule has 0 aromatic heterocycles. The van der Waals surface area contributed by atoms with Crippen LogP contribution in [0.5, 0.6) is 0 Å². The van der Waals surface area contributed by atoms with Gasteiger partial charge in [0.2, 0.25) is 0 Å². The fourth-order valence-corrected chi connectivity index (χ4v) is 1.77. The molecule has 2 nitrogen and oxygen atoms in total. The molecule has 1 N–H and O–H groups in total. The summed E-state index contributed by atoms with van der Waals surface area (Å²) >= 11 is 0. The van der Waals surface area contributed by atoms with Crippen LogP contribution in [0.4, 0.5) is 4.39 Å². The lowest BCUT2D eigenvalue weighted by Gasteiger charge is -2.25. The Labute approximate surface area is 110 Å². The number of aryl methyl sites for hydroxylation is 1. The number of likely N-dealkylation sites (N-methyl/N-ethyl adjacent to an activating group) is 1. The summed E-state index contributed by atoms with van der Waals surface area (Å²) in [7, 11) is 0. The lowest BCUT2D eigenvalue weighted by molar-refractivity contribution is -0.0150. The molecular weight excluding hydrogens is 229 g/mol. The summed E-state index contributed by atoms with van der Waals surface area (Å²) in [5.41, 5.74) is 1.53. The summed E-state index contributed by atoms with van der Waals surface area (Å²) in [6.07, 6.45) is 0. The zero-order valence-electron chi connectivity index (χ0n) is 12.0. The van der Waals surface area contributed by atoms with Gasteiger partial charge in [0.05, 0.1) is 18.2 Å². The van der Waals surface area contributed by atoms with Crippen molar-refractivity contribution in [2.24, 2.45) is 0 Å². The highest BCUT2D eigenvalue weighted by atomic mass is 19.1. The fourth-order valence-electron chi connectivity index (χ4n) is 1.77. The summed E-state index contributed by atoms with van der Waals surface area (Å²) < 4.78 is 19.6. The second kappa shape index (κ2) is 6.30. The maximum Gasteiger partial charge on any atom is 0.128 e. The second-order valence-electron chi connectivity index (χ2n) is 5.56. The van der Waals surface area contributed by atoms with Crippen LogP contribution in [-0.4, -0.2) is 18.8 Å². The number of nitrogens with one attached hydrogen (secondary N) is 1. The van der Waals surface area contributed by atoms with Crippen molar-refractivity contribution in [1.82, 2.24) is 5.32 Å². The standard InChI is InChI=1S/C15H24FNO/c1-6-17-14(10-18-15(3,4)5)12-9-11(2)7-8-13(12)16/h7-9,14,17H,6,10H2,1-5H3. The zero-order chi connectivity index (χ0) is 13.8. The van der Waals surface area contributed by atoms with E-state index >= 15 is 0 Å². The predicted molar refractivity (Wildman–Crippen MR) is 73.3 cm³/mol. The SMILES string of the molecule is CCNC(COC(C)(C)C)c1cc(C)ccc1F. The van der Waals surface area contributed by atoms with Crippen LogP contribution in [0.25, 0.3) is 0 Å². The van der Waals surface area contributed by atoms with E-state index in [2.05, 4.69) is 5.32 Å². The van der Waals surface area contributed by atoms with Crippen molar-refractivity contribution >= 4 is 0 Å². The first-order valence-corrected chi connectivity index (χ1v) is 6.47. The van der Waals surface area contributed by atoms with Crippen molar-refractivity contribution in [2.75, 3.05) is 13.2 Å². The lowest BCUT2D eigenvalue weighted by atomic mass is 10.0. The smallest absolute Gasteiger partial charge is 0.128 e. The molecule has 3 heteroatoms. The molecule has 0 aliphatic rings. The van der Waals surface area contributed by atoms with Crippen molar-refractivity contribution < 1.29 is 9.13 Å². The fraction of sp³-hybridized carbons (Fsp3) is 0.600. The van der Waals surface area contributed by atoms with Crippen molar-refractivity contribution in [3.8, 4) is 0 Å². The minimum absolute atomic E-state index is 0.103. The van der Waals surface area contributed by atoms with E-state index < -0.39 is 0 Å². The largest absolute Gasteiger partial charge is 0.374 e. The van der Waals surface area contributed by atoms with Gasteiger partial charge in [-0.2, -0.15) is 0 Å². The molecule has 0 fully saturated rings. The average Bonchev–Trinajstić information content (AvgIpc) is 2.26. The molecular formula is C15H24FNO. The molecule has 1 aromatic carbocycles. The number of benzene rings is 1. The lowest BCUT2D eigenvalue weighted by Crippen LogP contribution is -2.30. The molecule has 1 unspecified atom stereocenters. The summed E-state index contributed by atoms with van der Waals surface area (Å²) in [5, 5.41) is 3.27. The molecule has 0 heterocycles. The molecule has 0 aliphatic heterocycles. The van der Waals surface area contributed by atoms with Gasteiger partial charge in [-0.3, -0.25) is 0 Å². The van der Waals surface area contributed by atoms with Crippen LogP contribution < -0.4 is 5.32 Å². The van der Waals surface area contributed by atoms with Gasteiger partial charge in [-0.1, -0.05) is 24.6 Å². The van der Waals surface area contributed by atoms with Gasteiger partial charge in [0.1, 0.15) is 5.82 Å². The Morgan fingerprint density at radius 1 is 1.33 bits per heavy atom. The molecule has 0 aliphatic carbocycles. The predicted octanol–water partition coefficient (Wildman–Crippen LogP) is 3.60. The van der Waals surface area contributed by atoms with Crippen molar-refractivity contribution in [1.29, 1.82) is 0 Å². The zero-order valence-corrected chi connectivity index (χ0v) is 12.0. The second-order valence-corrected chi connectivity index (χ2v) is 5.56. The molecule has 0 saturated heterocycles. The first-order valence-electron chi connectivity index (χ1n) is 6.47. The third-order valence-corrected chi connectivity index (χ3v) is 2.66. The Morgan fingerprint density at radius 3 is 2.56 bits per heavy atom. The third-order valence-electron chi connectivity index (χ3n) is 2.66. The number of hydrogen-bond acceptors (Lipinski definition) is 2. The van der Waals surface area contributed by atoms with Crippen LogP contribution in [0.1, 0.15) is 44.9 Å². The summed E-state index contributed by atoms with van der Waals surface area (Å²) in [6.45, 7) is 11.2. The maximum absolute atomic E-state index is 13.9. The average molecular weight is 253 g/mol. The third kappa shape index (κ3) is 4.75. The number of hydrogen-bond donors (Lipinski definition) is 1. The Hall–Kier alpha value is -0.930. The van der Waals surface area contributed by atoms with Crippen molar-refractivity contribution in [2.45, 2.75) is 46.3 Å². The van der Waals surface area contributed by atoms with Gasteiger partial charge in [0.25, 0.3) is 0 Å². The summed E-state index contributed by atoms with van der Waals surface area (Å²) in [5.74, 6) is -0.177. The Bertz CT molecular complexity index is 385. The Kier molecular flexibility index (Phi) is 5.29. The molecule has 0 saturated carbocycles. The van der Waals surface area contributed by atoms with Gasteiger partial charge in [-0.15, -0.1) is 0 Å². The Balaban J connectivity index is 2.86. The van der Waals surface area contributed by atoms with Gasteiger partial charge >= 0.3 is 0 Å². The normalized spacial score (nSPS) is 13.7. The summed E-state index contributed by atoms with van der Waals surface area (Å²) in [6, 6.07) is 5.09. The quantitative estimate of drug-likeness (QED) is 0.865. The van der Waals surface area contributed by atoms with Gasteiger partial charge in [0, 0.05) is 5.56 Å². The summed E-state index contributed by atoms with van der Waals surface area (Å²) in [4.78, 5) is 0. The molecule has 0 radical (unpaired) electrons. The van der Waals surface area contributed by atoms with Crippen molar-refractivity contribution in [3.63, 3.8) is 0 Å². The van der Waals surface area contributed by atoms with Crippen LogP contribution in [0.15, 0.2) is 18.2 Å². The van der Waals surface area contributed by atoms with E-state index in [9.17, 15) is 4.39 Å². The van der Waals surface area contributed by atoms with Crippen LogP contribution in [0, 0.1) is 12.7 Å². The minimum Gasteiger partial charge on any atom is -0.374 e. The monoisotopic (exact) mass is 253 g/mol. The number of ether oxygens (including phenoxy) is 1. The maximum atomic E-state index is 13.9. The highest BCUT2D eigenvalue weighted by Crippen LogP contribution is 2.21. The van der Waals surface area contributed by atoms with E-state index in [-0.39, 0.29) is 17.5 Å². The molecule has 1 aromatic rings. The number of halogens is 1. The highest BCUT2D eigenvalue weighted by Gasteiger charge is 2.19. The van der Waals surface area contributed by atoms with E-state index in [4.69, 9.17) is 4.74 Å². The first-order chi connectivity index (χ1) is 8.33. The molecule has 0 spiro atoms. The van der Waals surface area contributed by atoms with E-state index in [1.807, 2.05) is 40.7 Å². The molecule has 0 bridgehead atoms. The van der Waals surface area contributed by atoms with Gasteiger partial charge in [-0.05, 0) is 40.3 Å². The Morgan fingerprint density at radius 2 is 2.00 bits per heavy atom. The topological polar surface area (TPSA) is 21.3 Å². The van der Waals surface area contributed by atoms with Crippen LogP contribution in [-0.2, 0) is 4.74 Å². The molecule has 0 amide bonds. The van der Waals surface area contributed by atoms with E-state index in [0.29, 0.717) is 12.2 Å². The van der Waals surface area contributed by atoms with E-state index in [0.717, 1.165) is 12.1 Å². The van der Waals surface area contributed by atoms with Gasteiger partial charge < -0.3 is 10.1 Å². The van der Waals surface area contributed by atoms with Gasteiger partial charge in [0.15, 0.2) is 0 Å². The van der Waals surface area contributed by atoms with Crippen LogP contribution in [0.3, 0.4) is 0 Å². The molecule has 18 heavy (non-hydrogen) atoms. The molecule has 1 rings (SSSR count). The van der Waals surface area contributed by atoms with Crippen LogP contribution >= 0.6 is 0 Å². The van der Waals surface area contributed by atoms with E-state index in [1.54, 1.807) is 6.07 Å². The highest BCUT2D eigenvalue weighted by molar-refractivity contribution is 5.27. The van der Waals surface area contributed by atoms with E-state index in [1.165, 1.54) is 6.07 Å². The van der Waals surface area contributed by atoms with Crippen molar-refractivity contribution in [3.05, 3.63) is 35.1 Å². The minimum atomic E-state index is -0.214. The molecule has 1 atom stereocenters. The van der Waals surface area contributed by atoms with Gasteiger partial charge in [-0.25, -0.2) is 4.39 Å². The number of rotatable bonds is 5. The first kappa shape index (κ1) is 15.1.